The van der Waals surface area contributed by atoms with Crippen LogP contribution in [0, 0.1) is 13.8 Å². The first-order valence-corrected chi connectivity index (χ1v) is 11.5. The maximum absolute atomic E-state index is 12.4. The zero-order chi connectivity index (χ0) is 22.1. The fourth-order valence-electron chi connectivity index (χ4n) is 3.33. The van der Waals surface area contributed by atoms with E-state index in [0.29, 0.717) is 30.9 Å². The number of aromatic amines is 1. The Bertz CT molecular complexity index is 1270. The number of carbonyl (C=O) groups is 1. The lowest BCUT2D eigenvalue weighted by Gasteiger charge is -2.28. The second kappa shape index (κ2) is 8.39. The number of unbranched alkanes of at least 4 members (excludes halogenated alkanes) is 2. The van der Waals surface area contributed by atoms with Gasteiger partial charge >= 0.3 is 0 Å². The molecule has 1 aliphatic heterocycles. The number of aromatic nitrogens is 2. The van der Waals surface area contributed by atoms with E-state index in [1.54, 1.807) is 0 Å². The second-order valence-electron chi connectivity index (χ2n) is 7.48. The van der Waals surface area contributed by atoms with Crippen LogP contribution < -0.4 is 26.0 Å². The number of amides is 1. The quantitative estimate of drug-likeness (QED) is 0.626. The molecule has 160 valence electrons. The molecule has 0 bridgehead atoms. The normalized spacial score (nSPS) is 12.7. The number of carbonyl (C=O) groups excluding carboxylic acids is 1. The van der Waals surface area contributed by atoms with E-state index in [2.05, 4.69) is 21.5 Å². The summed E-state index contributed by atoms with van der Waals surface area (Å²) in [6, 6.07) is 3.98. The van der Waals surface area contributed by atoms with Gasteiger partial charge in [0.05, 0.1) is 17.6 Å². The third-order valence-corrected chi connectivity index (χ3v) is 5.48. The van der Waals surface area contributed by atoms with Gasteiger partial charge in [0.1, 0.15) is 5.48 Å². The Morgan fingerprint density at radius 3 is 2.60 bits per heavy atom. The topological polar surface area (TPSA) is 125 Å². The molecule has 1 aliphatic rings. The molecular formula is C20H25N5O4S. The summed E-state index contributed by atoms with van der Waals surface area (Å²) in [5.41, 5.74) is 3.70. The highest BCUT2D eigenvalue weighted by Gasteiger charge is 2.23. The van der Waals surface area contributed by atoms with Gasteiger partial charge in [0, 0.05) is 13.0 Å². The maximum Gasteiger partial charge on any atom is 0.279 e. The molecule has 3 rings (SSSR count). The Kier molecular flexibility index (Phi) is 6.06. The largest absolute Gasteiger partial charge is 0.322 e. The molecule has 0 radical (unpaired) electrons. The molecule has 0 saturated heterocycles. The Balaban J connectivity index is 1.79. The fourth-order valence-corrected chi connectivity index (χ4v) is 3.85. The van der Waals surface area contributed by atoms with Gasteiger partial charge in [-0.1, -0.05) is 13.0 Å². The SMILES string of the molecule is C=c1nc2c(c(=O)[nH]1)=Nc1cc(C)c(C)cc1N2CCCCCC(=O)NS(C)(=O)=O. The molecular weight excluding hydrogens is 406 g/mol. The van der Waals surface area contributed by atoms with Gasteiger partial charge in [-0.2, -0.15) is 0 Å². The van der Waals surface area contributed by atoms with Crippen LogP contribution in [-0.2, 0) is 14.8 Å². The molecule has 1 amide bonds. The molecule has 2 aromatic rings. The van der Waals surface area contributed by atoms with E-state index in [0.717, 1.165) is 29.5 Å². The number of aryl methyl sites for hydroxylation is 2. The number of sulfonamides is 1. The third-order valence-electron chi connectivity index (χ3n) is 4.88. The average molecular weight is 432 g/mol. The molecule has 2 heterocycles. The van der Waals surface area contributed by atoms with Crippen molar-refractivity contribution in [1.29, 1.82) is 0 Å². The lowest BCUT2D eigenvalue weighted by Crippen LogP contribution is -2.42. The average Bonchev–Trinajstić information content (AvgIpc) is 2.61. The summed E-state index contributed by atoms with van der Waals surface area (Å²) in [5.74, 6) is -0.0414. The number of fused-ring (bicyclic) bond motifs is 2. The van der Waals surface area contributed by atoms with Crippen LogP contribution >= 0.6 is 0 Å². The van der Waals surface area contributed by atoms with Crippen LogP contribution in [0.1, 0.15) is 36.8 Å². The predicted molar refractivity (Wildman–Crippen MR) is 115 cm³/mol. The number of H-pyrrole nitrogens is 1. The smallest absolute Gasteiger partial charge is 0.279 e. The minimum Gasteiger partial charge on any atom is -0.322 e. The first kappa shape index (κ1) is 21.7. The van der Waals surface area contributed by atoms with Crippen LogP contribution in [0.3, 0.4) is 0 Å². The highest BCUT2D eigenvalue weighted by atomic mass is 32.2. The van der Waals surface area contributed by atoms with Gasteiger partial charge in [0.2, 0.25) is 15.9 Å². The molecule has 0 aliphatic carbocycles. The van der Waals surface area contributed by atoms with Gasteiger partial charge in [-0.3, -0.25) is 14.3 Å². The van der Waals surface area contributed by atoms with E-state index < -0.39 is 15.9 Å². The number of nitrogens with zero attached hydrogens (tertiary/aromatic N) is 3. The molecule has 0 fully saturated rings. The molecule has 1 aromatic carbocycles. The molecule has 10 heteroatoms. The zero-order valence-corrected chi connectivity index (χ0v) is 18.1. The summed E-state index contributed by atoms with van der Waals surface area (Å²) < 4.78 is 24.1. The number of rotatable bonds is 7. The summed E-state index contributed by atoms with van der Waals surface area (Å²) in [5, 5.41) is 0.255. The molecule has 0 saturated carbocycles. The fraction of sp³-hybridized carbons (Fsp3) is 0.400. The zero-order valence-electron chi connectivity index (χ0n) is 17.3. The van der Waals surface area contributed by atoms with Gasteiger partial charge in [-0.05, 0) is 49.9 Å². The summed E-state index contributed by atoms with van der Waals surface area (Å²) in [4.78, 5) is 37.5. The van der Waals surface area contributed by atoms with Crippen molar-refractivity contribution in [2.75, 3.05) is 17.7 Å². The van der Waals surface area contributed by atoms with Gasteiger partial charge < -0.3 is 9.88 Å². The van der Waals surface area contributed by atoms with E-state index in [4.69, 9.17) is 0 Å². The lowest BCUT2D eigenvalue weighted by molar-refractivity contribution is -0.119. The van der Waals surface area contributed by atoms with E-state index in [1.165, 1.54) is 0 Å². The number of benzene rings is 1. The van der Waals surface area contributed by atoms with E-state index in [-0.39, 0.29) is 22.8 Å². The Hall–Kier alpha value is -3.01. The summed E-state index contributed by atoms with van der Waals surface area (Å²) >= 11 is 0. The molecule has 0 unspecified atom stereocenters. The Labute approximate surface area is 174 Å². The van der Waals surface area contributed by atoms with Crippen molar-refractivity contribution in [2.24, 2.45) is 4.99 Å². The number of hydrogen-bond acceptors (Lipinski definition) is 7. The lowest BCUT2D eigenvalue weighted by atomic mass is 10.1. The highest BCUT2D eigenvalue weighted by Crippen LogP contribution is 2.36. The van der Waals surface area contributed by atoms with Gasteiger partial charge in [-0.15, -0.1) is 0 Å². The van der Waals surface area contributed by atoms with E-state index in [9.17, 15) is 18.0 Å². The van der Waals surface area contributed by atoms with Crippen LogP contribution in [0.5, 0.6) is 0 Å². The molecule has 0 spiro atoms. The third kappa shape index (κ3) is 4.93. The maximum atomic E-state index is 12.4. The first-order valence-electron chi connectivity index (χ1n) is 9.62. The summed E-state index contributed by atoms with van der Waals surface area (Å²) in [6.07, 6.45) is 3.07. The van der Waals surface area contributed by atoms with Crippen molar-refractivity contribution in [3.8, 4) is 0 Å². The van der Waals surface area contributed by atoms with Crippen LogP contribution in [0.4, 0.5) is 17.2 Å². The second-order valence-corrected chi connectivity index (χ2v) is 9.23. The number of hydrogen-bond donors (Lipinski definition) is 2. The minimum atomic E-state index is -3.53. The van der Waals surface area contributed by atoms with Crippen molar-refractivity contribution in [2.45, 2.75) is 39.5 Å². The summed E-state index contributed by atoms with van der Waals surface area (Å²) in [6.45, 7) is 8.32. The molecule has 9 nitrogen and oxygen atoms in total. The van der Waals surface area contributed by atoms with Crippen LogP contribution in [0.2, 0.25) is 0 Å². The van der Waals surface area contributed by atoms with Crippen molar-refractivity contribution >= 4 is 39.7 Å². The number of nitrogens with one attached hydrogen (secondary N) is 2. The molecule has 0 atom stereocenters. The Morgan fingerprint density at radius 2 is 1.90 bits per heavy atom. The first-order chi connectivity index (χ1) is 14.0. The van der Waals surface area contributed by atoms with E-state index >= 15 is 0 Å². The van der Waals surface area contributed by atoms with Crippen LogP contribution in [0.15, 0.2) is 21.9 Å². The van der Waals surface area contributed by atoms with Crippen molar-refractivity contribution in [3.05, 3.63) is 44.5 Å². The highest BCUT2D eigenvalue weighted by molar-refractivity contribution is 7.89. The molecule has 2 N–H and O–H groups in total. The monoisotopic (exact) mass is 431 g/mol. The summed E-state index contributed by atoms with van der Waals surface area (Å²) in [7, 11) is -3.53. The van der Waals surface area contributed by atoms with E-state index in [1.807, 2.05) is 35.6 Å². The van der Waals surface area contributed by atoms with Gasteiger partial charge in [0.25, 0.3) is 5.56 Å². The van der Waals surface area contributed by atoms with Crippen LogP contribution in [-0.4, -0.2) is 37.1 Å². The number of anilines is 2. The Morgan fingerprint density at radius 1 is 1.20 bits per heavy atom. The standard InChI is InChI=1S/C20H25N5O4S/c1-12-10-15-16(11-13(12)2)25(19-18(23-15)20(27)22-14(3)21-19)9-7-5-6-8-17(26)24-30(4,28)29/h10-11H,3,5-9H2,1-2,4H3,(H,22,27)(H,24,26). The molecule has 30 heavy (non-hydrogen) atoms. The predicted octanol–water partition coefficient (Wildman–Crippen LogP) is 0.836. The minimum absolute atomic E-state index is 0.134. The van der Waals surface area contributed by atoms with Gasteiger partial charge in [0.15, 0.2) is 11.2 Å². The van der Waals surface area contributed by atoms with Gasteiger partial charge in [-0.25, -0.2) is 18.4 Å². The van der Waals surface area contributed by atoms with Crippen LogP contribution in [0.25, 0.3) is 6.58 Å². The van der Waals surface area contributed by atoms with Crippen molar-refractivity contribution < 1.29 is 13.2 Å². The van der Waals surface area contributed by atoms with Crippen molar-refractivity contribution in [1.82, 2.24) is 14.7 Å². The van der Waals surface area contributed by atoms with Crippen molar-refractivity contribution in [3.63, 3.8) is 0 Å². The molecule has 1 aromatic heterocycles.